The fraction of sp³-hybridized carbons (Fsp3) is 0.300. The van der Waals surface area contributed by atoms with Crippen molar-refractivity contribution in [1.82, 2.24) is 0 Å². The van der Waals surface area contributed by atoms with E-state index in [0.717, 1.165) is 4.47 Å². The Balaban J connectivity index is 3.33. The summed E-state index contributed by atoms with van der Waals surface area (Å²) in [5, 5.41) is 0. The molecule has 0 saturated heterocycles. The summed E-state index contributed by atoms with van der Waals surface area (Å²) < 4.78 is 6.11. The van der Waals surface area contributed by atoms with E-state index in [1.165, 1.54) is 6.92 Å². The van der Waals surface area contributed by atoms with Crippen LogP contribution in [-0.2, 0) is 0 Å². The molecule has 1 aromatic rings. The second-order valence-corrected chi connectivity index (χ2v) is 3.68. The highest BCUT2D eigenvalue weighted by atomic mass is 79.9. The third kappa shape index (κ3) is 2.07. The molecule has 0 unspecified atom stereocenters. The van der Waals surface area contributed by atoms with E-state index in [1.54, 1.807) is 12.1 Å². The Morgan fingerprint density at radius 3 is 2.71 bits per heavy atom. The van der Waals surface area contributed by atoms with Crippen LogP contribution >= 0.6 is 15.9 Å². The highest BCUT2D eigenvalue weighted by Crippen LogP contribution is 2.33. The maximum Gasteiger partial charge on any atom is 0.165 e. The van der Waals surface area contributed by atoms with E-state index < -0.39 is 0 Å². The van der Waals surface area contributed by atoms with Gasteiger partial charge in [0.2, 0.25) is 0 Å². The molecule has 0 aliphatic rings. The summed E-state index contributed by atoms with van der Waals surface area (Å²) >= 11 is 3.32. The van der Waals surface area contributed by atoms with E-state index in [2.05, 4.69) is 15.9 Å². The lowest BCUT2D eigenvalue weighted by Crippen LogP contribution is -2.05. The number of halogens is 1. The molecule has 0 bridgehead atoms. The Kier molecular flexibility index (Phi) is 3.52. The van der Waals surface area contributed by atoms with Gasteiger partial charge in [0.25, 0.3) is 0 Å². The molecule has 0 heterocycles. The van der Waals surface area contributed by atoms with E-state index in [9.17, 15) is 4.79 Å². The molecule has 0 aliphatic carbocycles. The van der Waals surface area contributed by atoms with Gasteiger partial charge in [-0.05, 0) is 41.9 Å². The van der Waals surface area contributed by atoms with Crippen LogP contribution in [0.5, 0.6) is 5.75 Å². The van der Waals surface area contributed by atoms with Crippen LogP contribution in [0.4, 0.5) is 5.69 Å². The normalized spacial score (nSPS) is 9.93. The molecule has 0 radical (unpaired) electrons. The molecule has 0 aliphatic heterocycles. The zero-order valence-corrected chi connectivity index (χ0v) is 9.72. The topological polar surface area (TPSA) is 52.3 Å². The van der Waals surface area contributed by atoms with E-state index in [4.69, 9.17) is 10.5 Å². The second kappa shape index (κ2) is 4.46. The van der Waals surface area contributed by atoms with Gasteiger partial charge in [0.15, 0.2) is 5.78 Å². The van der Waals surface area contributed by atoms with Crippen LogP contribution in [0.15, 0.2) is 16.6 Å². The molecule has 0 spiro atoms. The molecule has 0 atom stereocenters. The minimum Gasteiger partial charge on any atom is -0.492 e. The van der Waals surface area contributed by atoms with E-state index in [0.29, 0.717) is 23.6 Å². The van der Waals surface area contributed by atoms with Crippen molar-refractivity contribution < 1.29 is 9.53 Å². The lowest BCUT2D eigenvalue weighted by Gasteiger charge is -2.11. The number of hydrogen-bond donors (Lipinski definition) is 1. The van der Waals surface area contributed by atoms with Crippen LogP contribution in [0.25, 0.3) is 0 Å². The Morgan fingerprint density at radius 2 is 2.21 bits per heavy atom. The van der Waals surface area contributed by atoms with Gasteiger partial charge >= 0.3 is 0 Å². The van der Waals surface area contributed by atoms with Crippen molar-refractivity contribution in [2.24, 2.45) is 0 Å². The third-order valence-electron chi connectivity index (χ3n) is 1.78. The zero-order chi connectivity index (χ0) is 10.7. The summed E-state index contributed by atoms with van der Waals surface area (Å²) in [6.07, 6.45) is 0. The Bertz CT molecular complexity index is 363. The van der Waals surface area contributed by atoms with Crippen LogP contribution in [0.1, 0.15) is 24.2 Å². The van der Waals surface area contributed by atoms with Gasteiger partial charge < -0.3 is 10.5 Å². The number of carbonyl (C=O) groups excluding carboxylic acids is 1. The third-order valence-corrected chi connectivity index (χ3v) is 2.41. The first-order valence-electron chi connectivity index (χ1n) is 4.29. The fourth-order valence-corrected chi connectivity index (χ4v) is 1.67. The first-order chi connectivity index (χ1) is 6.57. The molecule has 3 nitrogen and oxygen atoms in total. The number of anilines is 1. The lowest BCUT2D eigenvalue weighted by atomic mass is 10.1. The van der Waals surface area contributed by atoms with Gasteiger partial charge in [-0.2, -0.15) is 0 Å². The summed E-state index contributed by atoms with van der Waals surface area (Å²) in [5.41, 5.74) is 6.59. The molecule has 0 amide bonds. The van der Waals surface area contributed by atoms with Gasteiger partial charge in [-0.25, -0.2) is 0 Å². The highest BCUT2D eigenvalue weighted by Gasteiger charge is 2.15. The predicted octanol–water partition coefficient (Wildman–Crippen LogP) is 2.63. The van der Waals surface area contributed by atoms with Crippen LogP contribution in [0.2, 0.25) is 0 Å². The van der Waals surface area contributed by atoms with E-state index >= 15 is 0 Å². The number of nitrogen functional groups attached to an aromatic ring is 1. The standard InChI is InChI=1S/C10H12BrNO2/c1-3-14-10-7(11)4-5-8(12)9(10)6(2)13/h4-5H,3,12H2,1-2H3. The monoisotopic (exact) mass is 257 g/mol. The zero-order valence-electron chi connectivity index (χ0n) is 8.13. The van der Waals surface area contributed by atoms with Gasteiger partial charge in [-0.15, -0.1) is 0 Å². The molecule has 2 N–H and O–H groups in total. The Labute approximate surface area is 91.4 Å². The Hall–Kier alpha value is -1.03. The summed E-state index contributed by atoms with van der Waals surface area (Å²) in [4.78, 5) is 11.3. The van der Waals surface area contributed by atoms with Gasteiger partial charge in [0, 0.05) is 5.69 Å². The number of hydrogen-bond acceptors (Lipinski definition) is 3. The number of ether oxygens (including phenoxy) is 1. The molecule has 14 heavy (non-hydrogen) atoms. The SMILES string of the molecule is CCOc1c(Br)ccc(N)c1C(C)=O. The number of nitrogens with two attached hydrogens (primary N) is 1. The predicted molar refractivity (Wildman–Crippen MR) is 59.7 cm³/mol. The molecular weight excluding hydrogens is 246 g/mol. The molecule has 0 aromatic heterocycles. The van der Waals surface area contributed by atoms with E-state index in [-0.39, 0.29) is 5.78 Å². The average Bonchev–Trinajstić information content (AvgIpc) is 2.11. The number of ketones is 1. The average molecular weight is 258 g/mol. The fourth-order valence-electron chi connectivity index (χ4n) is 1.22. The van der Waals surface area contributed by atoms with Crippen LogP contribution in [-0.4, -0.2) is 12.4 Å². The van der Waals surface area contributed by atoms with Crippen LogP contribution in [0.3, 0.4) is 0 Å². The van der Waals surface area contributed by atoms with Gasteiger partial charge in [0.1, 0.15) is 5.75 Å². The van der Waals surface area contributed by atoms with Crippen LogP contribution < -0.4 is 10.5 Å². The first kappa shape index (κ1) is 11.0. The summed E-state index contributed by atoms with van der Waals surface area (Å²) in [6.45, 7) is 3.84. The van der Waals surface area contributed by atoms with Crippen molar-refractivity contribution in [1.29, 1.82) is 0 Å². The van der Waals surface area contributed by atoms with Crippen molar-refractivity contribution in [2.45, 2.75) is 13.8 Å². The number of Topliss-reactive ketones (excluding diaryl/α,β-unsaturated/α-hetero) is 1. The van der Waals surface area contributed by atoms with Gasteiger partial charge in [0.05, 0.1) is 16.6 Å². The number of benzene rings is 1. The molecule has 0 saturated carbocycles. The maximum atomic E-state index is 11.3. The van der Waals surface area contributed by atoms with Crippen molar-refractivity contribution in [3.63, 3.8) is 0 Å². The molecule has 4 heteroatoms. The second-order valence-electron chi connectivity index (χ2n) is 2.83. The number of carbonyl (C=O) groups is 1. The highest BCUT2D eigenvalue weighted by molar-refractivity contribution is 9.10. The maximum absolute atomic E-state index is 11.3. The summed E-state index contributed by atoms with van der Waals surface area (Å²) in [6, 6.07) is 3.45. The molecule has 1 rings (SSSR count). The lowest BCUT2D eigenvalue weighted by molar-refractivity contribution is 0.101. The van der Waals surface area contributed by atoms with Gasteiger partial charge in [-0.3, -0.25) is 4.79 Å². The quantitative estimate of drug-likeness (QED) is 0.669. The smallest absolute Gasteiger partial charge is 0.165 e. The van der Waals surface area contributed by atoms with Crippen molar-refractivity contribution in [2.75, 3.05) is 12.3 Å². The summed E-state index contributed by atoms with van der Waals surface area (Å²) in [5.74, 6) is 0.437. The minimum absolute atomic E-state index is 0.0905. The molecule has 1 aromatic carbocycles. The van der Waals surface area contributed by atoms with Crippen molar-refractivity contribution in [3.05, 3.63) is 22.2 Å². The molecule has 76 valence electrons. The largest absolute Gasteiger partial charge is 0.492 e. The number of rotatable bonds is 3. The summed E-state index contributed by atoms with van der Waals surface area (Å²) in [7, 11) is 0. The first-order valence-corrected chi connectivity index (χ1v) is 5.09. The molecule has 0 fully saturated rings. The van der Waals surface area contributed by atoms with Crippen LogP contribution in [0, 0.1) is 0 Å². The van der Waals surface area contributed by atoms with Crippen molar-refractivity contribution in [3.8, 4) is 5.75 Å². The molecular formula is C10H12BrNO2. The van der Waals surface area contributed by atoms with Gasteiger partial charge in [-0.1, -0.05) is 0 Å². The Morgan fingerprint density at radius 1 is 1.57 bits per heavy atom. The van der Waals surface area contributed by atoms with E-state index in [1.807, 2.05) is 6.92 Å². The van der Waals surface area contributed by atoms with Crippen molar-refractivity contribution >= 4 is 27.4 Å². The minimum atomic E-state index is -0.0905.